The van der Waals surface area contributed by atoms with Crippen molar-refractivity contribution in [2.75, 3.05) is 46.6 Å². The van der Waals surface area contributed by atoms with Crippen LogP contribution in [-0.4, -0.2) is 72.5 Å². The van der Waals surface area contributed by atoms with Crippen LogP contribution in [0.5, 0.6) is 11.6 Å². The van der Waals surface area contributed by atoms with E-state index in [0.717, 1.165) is 39.3 Å². The highest BCUT2D eigenvalue weighted by Crippen LogP contribution is 2.29. The van der Waals surface area contributed by atoms with Gasteiger partial charge in [-0.25, -0.2) is 9.97 Å². The first-order valence-electron chi connectivity index (χ1n) is 8.63. The first kappa shape index (κ1) is 18.3. The fourth-order valence-corrected chi connectivity index (χ4v) is 2.99. The summed E-state index contributed by atoms with van der Waals surface area (Å²) in [6.45, 7) is 4.95. The molecule has 0 amide bonds. The van der Waals surface area contributed by atoms with Gasteiger partial charge in [-0.15, -0.1) is 0 Å². The second-order valence-corrected chi connectivity index (χ2v) is 6.09. The molecule has 1 aromatic carbocycles. The number of morpholine rings is 1. The highest BCUT2D eigenvalue weighted by molar-refractivity contribution is 5.87. The van der Waals surface area contributed by atoms with Crippen molar-refractivity contribution in [3.8, 4) is 11.6 Å². The number of carboxylic acid groups (broad SMARTS) is 1. The third-order valence-electron chi connectivity index (χ3n) is 4.30. The van der Waals surface area contributed by atoms with E-state index in [0.29, 0.717) is 34.7 Å². The molecule has 26 heavy (non-hydrogen) atoms. The van der Waals surface area contributed by atoms with Crippen LogP contribution in [0.1, 0.15) is 12.0 Å². The zero-order valence-corrected chi connectivity index (χ0v) is 14.8. The molecule has 0 unspecified atom stereocenters. The Balaban J connectivity index is 1.69. The number of fused-ring (bicyclic) bond motifs is 1. The lowest BCUT2D eigenvalue weighted by Crippen LogP contribution is -2.37. The zero-order chi connectivity index (χ0) is 18.4. The number of carbonyl (C=O) groups is 1. The van der Waals surface area contributed by atoms with Crippen LogP contribution in [-0.2, 0) is 16.0 Å². The Labute approximate surface area is 151 Å². The topological polar surface area (TPSA) is 94.0 Å². The van der Waals surface area contributed by atoms with E-state index >= 15 is 0 Å². The molecule has 0 saturated carbocycles. The Kier molecular flexibility index (Phi) is 6.19. The van der Waals surface area contributed by atoms with E-state index in [9.17, 15) is 4.79 Å². The molecular formula is C18H23N3O5. The summed E-state index contributed by atoms with van der Waals surface area (Å²) in [6, 6.07) is 3.45. The minimum absolute atomic E-state index is 0.134. The highest BCUT2D eigenvalue weighted by atomic mass is 16.5. The summed E-state index contributed by atoms with van der Waals surface area (Å²) >= 11 is 0. The molecule has 1 aliphatic heterocycles. The van der Waals surface area contributed by atoms with E-state index in [1.165, 1.54) is 13.4 Å². The fourth-order valence-electron chi connectivity index (χ4n) is 2.99. The van der Waals surface area contributed by atoms with Crippen LogP contribution in [0.4, 0.5) is 0 Å². The van der Waals surface area contributed by atoms with Crippen LogP contribution in [0, 0.1) is 0 Å². The van der Waals surface area contributed by atoms with Crippen LogP contribution < -0.4 is 9.47 Å². The summed E-state index contributed by atoms with van der Waals surface area (Å²) in [4.78, 5) is 21.9. The molecule has 0 radical (unpaired) electrons. The van der Waals surface area contributed by atoms with Gasteiger partial charge in [0.25, 0.3) is 0 Å². The molecule has 1 N–H and O–H groups in total. The van der Waals surface area contributed by atoms with Crippen molar-refractivity contribution in [2.45, 2.75) is 12.8 Å². The van der Waals surface area contributed by atoms with E-state index in [1.807, 2.05) is 0 Å². The summed E-state index contributed by atoms with van der Waals surface area (Å²) in [6.07, 6.45) is 2.18. The van der Waals surface area contributed by atoms with Crippen molar-refractivity contribution in [3.05, 3.63) is 24.0 Å². The van der Waals surface area contributed by atoms with Crippen LogP contribution in [0.3, 0.4) is 0 Å². The lowest BCUT2D eigenvalue weighted by Gasteiger charge is -2.26. The maximum Gasteiger partial charge on any atom is 0.307 e. The molecular weight excluding hydrogens is 338 g/mol. The van der Waals surface area contributed by atoms with E-state index in [1.54, 1.807) is 12.1 Å². The number of hydrogen-bond donors (Lipinski definition) is 1. The third kappa shape index (κ3) is 4.59. The van der Waals surface area contributed by atoms with Gasteiger partial charge in [-0.05, 0) is 12.5 Å². The molecule has 1 aliphatic rings. The Morgan fingerprint density at radius 2 is 2.12 bits per heavy atom. The van der Waals surface area contributed by atoms with Gasteiger partial charge in [0.05, 0.1) is 44.3 Å². The molecule has 1 fully saturated rings. The maximum atomic E-state index is 11.1. The maximum absolute atomic E-state index is 11.1. The summed E-state index contributed by atoms with van der Waals surface area (Å²) in [7, 11) is 1.51. The summed E-state index contributed by atoms with van der Waals surface area (Å²) in [5.41, 5.74) is 1.23. The minimum Gasteiger partial charge on any atom is -0.496 e. The van der Waals surface area contributed by atoms with Crippen molar-refractivity contribution < 1.29 is 24.1 Å². The van der Waals surface area contributed by atoms with Crippen molar-refractivity contribution in [1.29, 1.82) is 0 Å². The van der Waals surface area contributed by atoms with Crippen molar-refractivity contribution in [3.63, 3.8) is 0 Å². The second kappa shape index (κ2) is 8.77. The number of methoxy groups -OCH3 is 1. The Morgan fingerprint density at radius 3 is 2.85 bits per heavy atom. The molecule has 0 atom stereocenters. The number of rotatable bonds is 8. The molecule has 0 spiro atoms. The van der Waals surface area contributed by atoms with Gasteiger partial charge in [-0.2, -0.15) is 0 Å². The van der Waals surface area contributed by atoms with E-state index in [2.05, 4.69) is 14.9 Å². The van der Waals surface area contributed by atoms with Gasteiger partial charge >= 0.3 is 5.97 Å². The highest BCUT2D eigenvalue weighted by Gasteiger charge is 2.14. The number of benzene rings is 1. The standard InChI is InChI=1S/C18H23N3O5/c1-24-16-11-15-14(9-13(16)10-17(22)23)18(20-12-19-15)26-6-2-3-21-4-7-25-8-5-21/h9,11-12H,2-8,10H2,1H3,(H,22,23). The van der Waals surface area contributed by atoms with Crippen LogP contribution in [0.2, 0.25) is 0 Å². The van der Waals surface area contributed by atoms with E-state index < -0.39 is 5.97 Å². The van der Waals surface area contributed by atoms with Gasteiger partial charge in [-0.1, -0.05) is 0 Å². The number of hydrogen-bond acceptors (Lipinski definition) is 7. The molecule has 2 aromatic rings. The molecule has 2 heterocycles. The predicted molar refractivity (Wildman–Crippen MR) is 94.8 cm³/mol. The average Bonchev–Trinajstić information content (AvgIpc) is 2.65. The quantitative estimate of drug-likeness (QED) is 0.705. The van der Waals surface area contributed by atoms with Gasteiger partial charge < -0.3 is 19.3 Å². The average molecular weight is 361 g/mol. The molecule has 0 aliphatic carbocycles. The first-order chi connectivity index (χ1) is 12.7. The van der Waals surface area contributed by atoms with Crippen molar-refractivity contribution in [2.24, 2.45) is 0 Å². The largest absolute Gasteiger partial charge is 0.496 e. The number of carboxylic acids is 1. The lowest BCUT2D eigenvalue weighted by atomic mass is 10.1. The van der Waals surface area contributed by atoms with Gasteiger partial charge in [-0.3, -0.25) is 9.69 Å². The molecule has 1 aromatic heterocycles. The second-order valence-electron chi connectivity index (χ2n) is 6.09. The van der Waals surface area contributed by atoms with Crippen molar-refractivity contribution in [1.82, 2.24) is 14.9 Å². The van der Waals surface area contributed by atoms with Crippen LogP contribution in [0.25, 0.3) is 10.9 Å². The first-order valence-corrected chi connectivity index (χ1v) is 8.63. The van der Waals surface area contributed by atoms with Crippen LogP contribution >= 0.6 is 0 Å². The number of ether oxygens (including phenoxy) is 3. The molecule has 3 rings (SSSR count). The number of nitrogens with zero attached hydrogens (tertiary/aromatic N) is 3. The molecule has 8 heteroatoms. The van der Waals surface area contributed by atoms with Crippen LogP contribution in [0.15, 0.2) is 18.5 Å². The molecule has 0 bridgehead atoms. The Hall–Kier alpha value is -2.45. The summed E-state index contributed by atoms with van der Waals surface area (Å²) in [5.74, 6) is 0.0376. The number of aromatic nitrogens is 2. The SMILES string of the molecule is COc1cc2ncnc(OCCCN3CCOCC3)c2cc1CC(=O)O. The van der Waals surface area contributed by atoms with Gasteiger partial charge in [0, 0.05) is 31.3 Å². The minimum atomic E-state index is -0.924. The summed E-state index contributed by atoms with van der Waals surface area (Å²) in [5, 5.41) is 9.78. The Bertz CT molecular complexity index is 762. The van der Waals surface area contributed by atoms with E-state index in [4.69, 9.17) is 19.3 Å². The third-order valence-corrected chi connectivity index (χ3v) is 4.30. The monoisotopic (exact) mass is 361 g/mol. The molecule has 140 valence electrons. The van der Waals surface area contributed by atoms with Gasteiger partial charge in [0.2, 0.25) is 5.88 Å². The Morgan fingerprint density at radius 1 is 1.31 bits per heavy atom. The smallest absolute Gasteiger partial charge is 0.307 e. The summed E-state index contributed by atoms with van der Waals surface area (Å²) < 4.78 is 16.5. The van der Waals surface area contributed by atoms with E-state index in [-0.39, 0.29) is 6.42 Å². The molecule has 1 saturated heterocycles. The predicted octanol–water partition coefficient (Wildman–Crippen LogP) is 1.37. The normalized spacial score (nSPS) is 15.1. The number of aliphatic carboxylic acids is 1. The fraction of sp³-hybridized carbons (Fsp3) is 0.500. The van der Waals surface area contributed by atoms with Crippen molar-refractivity contribution >= 4 is 16.9 Å². The lowest BCUT2D eigenvalue weighted by molar-refractivity contribution is -0.136. The van der Waals surface area contributed by atoms with Gasteiger partial charge in [0.1, 0.15) is 12.1 Å². The molecule has 8 nitrogen and oxygen atoms in total. The van der Waals surface area contributed by atoms with Gasteiger partial charge in [0.15, 0.2) is 0 Å². The zero-order valence-electron chi connectivity index (χ0n) is 14.8.